The predicted octanol–water partition coefficient (Wildman–Crippen LogP) is 2.47. The number of amides is 3. The number of likely N-dealkylation sites (tertiary alicyclic amines) is 1. The highest BCUT2D eigenvalue weighted by molar-refractivity contribution is 6.30. The molecule has 4 atom stereocenters. The second-order valence-corrected chi connectivity index (χ2v) is 9.54. The van der Waals surface area contributed by atoms with Crippen LogP contribution in [-0.4, -0.2) is 63.3 Å². The first-order valence-corrected chi connectivity index (χ1v) is 12.1. The minimum absolute atomic E-state index is 0.0361. The maximum absolute atomic E-state index is 13.2. The first kappa shape index (κ1) is 23.9. The Morgan fingerprint density at radius 2 is 1.61 bits per heavy atom. The number of carbonyl (C=O) groups is 2. The van der Waals surface area contributed by atoms with Gasteiger partial charge in [-0.2, -0.15) is 0 Å². The Morgan fingerprint density at radius 1 is 1.00 bits per heavy atom. The van der Waals surface area contributed by atoms with Crippen LogP contribution in [0.5, 0.6) is 0 Å². The molecule has 0 spiro atoms. The highest BCUT2D eigenvalue weighted by Crippen LogP contribution is 2.33. The molecular weight excluding hydrogens is 411 g/mol. The van der Waals surface area contributed by atoms with Crippen molar-refractivity contribution < 1.29 is 9.59 Å². The number of halogens is 1. The van der Waals surface area contributed by atoms with Gasteiger partial charge >= 0.3 is 6.03 Å². The number of urea groups is 1. The molecule has 6 nitrogen and oxygen atoms in total. The van der Waals surface area contributed by atoms with E-state index < -0.39 is 0 Å². The highest BCUT2D eigenvalue weighted by Gasteiger charge is 2.37. The van der Waals surface area contributed by atoms with Crippen molar-refractivity contribution in [1.82, 2.24) is 20.9 Å². The fraction of sp³-hybridized carbons (Fsp3) is 0.652. The van der Waals surface area contributed by atoms with Crippen LogP contribution in [0, 0.1) is 5.92 Å². The quantitative estimate of drug-likeness (QED) is 0.608. The van der Waals surface area contributed by atoms with Gasteiger partial charge in [0.1, 0.15) is 7.85 Å². The highest BCUT2D eigenvalue weighted by atomic mass is 35.5. The molecule has 1 heterocycles. The van der Waals surface area contributed by atoms with Gasteiger partial charge in [-0.05, 0) is 63.3 Å². The number of likely N-dealkylation sites (N-methyl/N-ethyl adjacent to an activating group) is 1. The first-order chi connectivity index (χ1) is 15.0. The third kappa shape index (κ3) is 7.14. The van der Waals surface area contributed by atoms with Crippen LogP contribution < -0.4 is 16.0 Å². The first-order valence-electron chi connectivity index (χ1n) is 11.7. The molecule has 2 fully saturated rings. The number of nitrogens with zero attached hydrogens (tertiary/aromatic N) is 1. The molecule has 1 aromatic rings. The molecule has 1 aliphatic heterocycles. The van der Waals surface area contributed by atoms with Crippen LogP contribution in [0.4, 0.5) is 4.79 Å². The largest absolute Gasteiger partial charge is 0.353 e. The smallest absolute Gasteiger partial charge is 0.314 e. The third-order valence-corrected chi connectivity index (χ3v) is 6.87. The molecular formula is C23H36BClN4O2. The lowest BCUT2D eigenvalue weighted by Crippen LogP contribution is -2.42. The maximum Gasteiger partial charge on any atom is 0.314 e. The van der Waals surface area contributed by atoms with Crippen molar-refractivity contribution in [1.29, 1.82) is 0 Å². The van der Waals surface area contributed by atoms with E-state index in [0.29, 0.717) is 6.44 Å². The Bertz CT molecular complexity index is 733. The van der Waals surface area contributed by atoms with Crippen molar-refractivity contribution in [3.63, 3.8) is 0 Å². The van der Waals surface area contributed by atoms with E-state index in [1.807, 2.05) is 32.1 Å². The van der Waals surface area contributed by atoms with Crippen molar-refractivity contribution in [3.05, 3.63) is 34.9 Å². The van der Waals surface area contributed by atoms with E-state index in [9.17, 15) is 9.59 Å². The van der Waals surface area contributed by atoms with Crippen LogP contribution in [0.2, 0.25) is 5.02 Å². The minimum atomic E-state index is -0.0739. The van der Waals surface area contributed by atoms with Crippen molar-refractivity contribution in [2.75, 3.05) is 26.6 Å². The summed E-state index contributed by atoms with van der Waals surface area (Å²) in [5.74, 6) is 0.334. The molecule has 0 aromatic heterocycles. The maximum atomic E-state index is 13.2. The lowest BCUT2D eigenvalue weighted by molar-refractivity contribution is -0.125. The van der Waals surface area contributed by atoms with Gasteiger partial charge in [-0.15, -0.1) is 0 Å². The molecule has 0 bridgehead atoms. The fourth-order valence-corrected chi connectivity index (χ4v) is 5.11. The van der Waals surface area contributed by atoms with Gasteiger partial charge in [0.25, 0.3) is 0 Å². The molecule has 3 rings (SSSR count). The topological polar surface area (TPSA) is 73.5 Å². The summed E-state index contributed by atoms with van der Waals surface area (Å²) in [5, 5.41) is 10.0. The number of rotatable bonds is 5. The summed E-state index contributed by atoms with van der Waals surface area (Å²) < 4.78 is 0. The van der Waals surface area contributed by atoms with E-state index in [1.165, 1.54) is 5.56 Å². The summed E-state index contributed by atoms with van der Waals surface area (Å²) in [7, 11) is 4.01. The number of carbonyl (C=O) groups excluding carboxylic acids is 2. The van der Waals surface area contributed by atoms with Crippen LogP contribution in [-0.2, 0) is 4.79 Å². The average molecular weight is 447 g/mol. The molecule has 4 unspecified atom stereocenters. The second kappa shape index (κ2) is 11.8. The number of hydrogen-bond acceptors (Lipinski definition) is 3. The van der Waals surface area contributed by atoms with E-state index in [-0.39, 0.29) is 35.9 Å². The summed E-state index contributed by atoms with van der Waals surface area (Å²) >= 11 is 6.05. The molecule has 1 saturated heterocycles. The van der Waals surface area contributed by atoms with Crippen molar-refractivity contribution >= 4 is 31.4 Å². The predicted molar refractivity (Wildman–Crippen MR) is 128 cm³/mol. The average Bonchev–Trinajstić information content (AvgIpc) is 3.16. The van der Waals surface area contributed by atoms with Crippen LogP contribution in [0.1, 0.15) is 56.4 Å². The van der Waals surface area contributed by atoms with Crippen LogP contribution in [0.3, 0.4) is 0 Å². The van der Waals surface area contributed by atoms with Gasteiger partial charge in [0.05, 0.1) is 5.92 Å². The Kier molecular flexibility index (Phi) is 9.08. The van der Waals surface area contributed by atoms with E-state index >= 15 is 0 Å². The van der Waals surface area contributed by atoms with Gasteiger partial charge in [-0.25, -0.2) is 4.79 Å². The Balaban J connectivity index is 1.55. The monoisotopic (exact) mass is 446 g/mol. The molecule has 31 heavy (non-hydrogen) atoms. The standard InChI is InChI=1S/C23H36BClN4O2/c1-29-13-20(16-9-11-17(25)12-10-16)21(14-29)22(30)27-18-5-2-3-6-19(8-4-7-18)28-23(31)26-15-24/h9-12,18-21H,2-8,13-15,24H2,1H3,(H,27,30)(H2,26,28,31). The molecule has 1 aromatic carbocycles. The Hall–Kier alpha value is -1.73. The zero-order valence-electron chi connectivity index (χ0n) is 18.8. The minimum Gasteiger partial charge on any atom is -0.353 e. The van der Waals surface area contributed by atoms with Gasteiger partial charge in [-0.1, -0.05) is 36.6 Å². The summed E-state index contributed by atoms with van der Waals surface area (Å²) in [6, 6.07) is 8.28. The van der Waals surface area contributed by atoms with Gasteiger partial charge in [0.15, 0.2) is 0 Å². The second-order valence-electron chi connectivity index (χ2n) is 9.11. The lowest BCUT2D eigenvalue weighted by Gasteiger charge is -2.23. The molecule has 1 saturated carbocycles. The molecule has 2 aliphatic rings. The fourth-order valence-electron chi connectivity index (χ4n) is 4.99. The molecule has 8 heteroatoms. The van der Waals surface area contributed by atoms with Crippen LogP contribution in [0.25, 0.3) is 0 Å². The summed E-state index contributed by atoms with van der Waals surface area (Å²) in [6.07, 6.45) is 7.73. The number of nitrogens with one attached hydrogen (secondary N) is 3. The Morgan fingerprint density at radius 3 is 2.26 bits per heavy atom. The lowest BCUT2D eigenvalue weighted by atomic mass is 9.88. The van der Waals surface area contributed by atoms with E-state index in [0.717, 1.165) is 63.1 Å². The van der Waals surface area contributed by atoms with E-state index in [2.05, 4.69) is 27.9 Å². The third-order valence-electron chi connectivity index (χ3n) is 6.62. The zero-order valence-corrected chi connectivity index (χ0v) is 19.6. The van der Waals surface area contributed by atoms with Gasteiger partial charge < -0.3 is 20.9 Å². The van der Waals surface area contributed by atoms with Gasteiger partial charge in [0, 0.05) is 36.1 Å². The molecule has 1 aliphatic carbocycles. The van der Waals surface area contributed by atoms with E-state index in [1.54, 1.807) is 0 Å². The Labute approximate surface area is 192 Å². The zero-order chi connectivity index (χ0) is 22.2. The van der Waals surface area contributed by atoms with Crippen LogP contribution in [0.15, 0.2) is 24.3 Å². The normalized spacial score (nSPS) is 27.5. The molecule has 0 radical (unpaired) electrons. The van der Waals surface area contributed by atoms with Crippen molar-refractivity contribution in [3.8, 4) is 0 Å². The molecule has 170 valence electrons. The van der Waals surface area contributed by atoms with Crippen molar-refractivity contribution in [2.24, 2.45) is 5.92 Å². The van der Waals surface area contributed by atoms with Crippen molar-refractivity contribution in [2.45, 2.75) is 62.9 Å². The SMILES string of the molecule is BCNC(=O)NC1CCCCC(NC(=O)C2CN(C)CC2c2ccc(Cl)cc2)CCC1. The van der Waals surface area contributed by atoms with E-state index in [4.69, 9.17) is 11.6 Å². The summed E-state index contributed by atoms with van der Waals surface area (Å²) in [5.41, 5.74) is 1.18. The summed E-state index contributed by atoms with van der Waals surface area (Å²) in [6.45, 7) is 1.67. The van der Waals surface area contributed by atoms with Gasteiger partial charge in [-0.3, -0.25) is 4.79 Å². The molecule has 3 amide bonds. The number of hydrogen-bond donors (Lipinski definition) is 3. The summed E-state index contributed by atoms with van der Waals surface area (Å²) in [4.78, 5) is 27.3. The van der Waals surface area contributed by atoms with Gasteiger partial charge in [0.2, 0.25) is 5.91 Å². The molecule has 3 N–H and O–H groups in total. The number of benzene rings is 1. The van der Waals surface area contributed by atoms with Crippen LogP contribution >= 0.6 is 11.6 Å².